The highest BCUT2D eigenvalue weighted by Crippen LogP contribution is 2.49. The van der Waals surface area contributed by atoms with Gasteiger partial charge >= 0.3 is 12.1 Å². The van der Waals surface area contributed by atoms with Gasteiger partial charge in [-0.15, -0.1) is 11.8 Å². The molecule has 0 unspecified atom stereocenters. The summed E-state index contributed by atoms with van der Waals surface area (Å²) in [4.78, 5) is 55.8. The average molecular weight is 886 g/mol. The molecule has 0 saturated carbocycles. The number of benzene rings is 5. The number of esters is 1. The summed E-state index contributed by atoms with van der Waals surface area (Å²) in [7, 11) is -1.50. The Morgan fingerprint density at radius 1 is 0.635 bits per heavy atom. The van der Waals surface area contributed by atoms with E-state index in [1.807, 2.05) is 127 Å². The van der Waals surface area contributed by atoms with Crippen molar-refractivity contribution in [3.8, 4) is 11.1 Å². The van der Waals surface area contributed by atoms with E-state index in [2.05, 4.69) is 47.7 Å². The van der Waals surface area contributed by atoms with Crippen molar-refractivity contribution in [2.24, 2.45) is 5.92 Å². The lowest BCUT2D eigenvalue weighted by Gasteiger charge is -2.36. The number of rotatable bonds is 19. The fourth-order valence-electron chi connectivity index (χ4n) is 7.89. The molecule has 0 spiro atoms. The van der Waals surface area contributed by atoms with Crippen molar-refractivity contribution in [2.45, 2.75) is 81.4 Å². The highest BCUT2D eigenvalue weighted by Gasteiger charge is 2.40. The molecule has 1 aliphatic carbocycles. The molecule has 4 atom stereocenters. The molecule has 5 aromatic carbocycles. The molecule has 10 nitrogen and oxygen atoms in total. The average Bonchev–Trinajstić information content (AvgIpc) is 3.60. The Morgan fingerprint density at radius 3 is 1.56 bits per heavy atom. The van der Waals surface area contributed by atoms with E-state index >= 15 is 0 Å². The number of nitrogens with one attached hydrogen (secondary N) is 3. The summed E-state index contributed by atoms with van der Waals surface area (Å²) in [5.74, 6) is -2.62. The third-order valence-electron chi connectivity index (χ3n) is 11.3. The highest BCUT2D eigenvalue weighted by atomic mass is 32.2. The summed E-state index contributed by atoms with van der Waals surface area (Å²) >= 11 is 1.45. The van der Waals surface area contributed by atoms with Gasteiger partial charge in [0.15, 0.2) is 0 Å². The van der Waals surface area contributed by atoms with Gasteiger partial charge in [-0.1, -0.05) is 173 Å². The molecule has 0 radical (unpaired) electrons. The molecular formula is C51H59N3O7SSi. The van der Waals surface area contributed by atoms with E-state index in [1.165, 1.54) is 18.7 Å². The minimum Gasteiger partial charge on any atom is -0.464 e. The van der Waals surface area contributed by atoms with Crippen LogP contribution in [0.5, 0.6) is 0 Å². The number of alkyl carbamates (subject to hydrolysis) is 1. The van der Waals surface area contributed by atoms with Crippen LogP contribution in [-0.4, -0.2) is 80.3 Å². The maximum atomic E-state index is 14.6. The maximum absolute atomic E-state index is 14.6. The lowest BCUT2D eigenvalue weighted by Crippen LogP contribution is -2.60. The minimum absolute atomic E-state index is 0.0148. The molecular weight excluding hydrogens is 827 g/mol. The van der Waals surface area contributed by atoms with Crippen LogP contribution in [0.1, 0.15) is 54.5 Å². The van der Waals surface area contributed by atoms with Gasteiger partial charge in [0.25, 0.3) is 0 Å². The van der Waals surface area contributed by atoms with Crippen LogP contribution < -0.4 is 16.0 Å². The quantitative estimate of drug-likeness (QED) is 0.0368. The molecule has 0 saturated heterocycles. The smallest absolute Gasteiger partial charge is 0.407 e. The molecule has 0 fully saturated rings. The SMILES string of the molecule is CC(C)[C@H](NC(=O)[C@@H](NC(=O)[C@H](CSC(c1ccccc1)(c1ccccc1)c1ccccc1)NC(=O)OCC1c2ccccc2-c2ccccc21)[C@@H](C)O)C(=O)OCC[Si](C)(C)C. The first-order valence-electron chi connectivity index (χ1n) is 21.6. The zero-order valence-electron chi connectivity index (χ0n) is 36.9. The molecule has 1 aliphatic rings. The molecule has 0 bridgehead atoms. The van der Waals surface area contributed by atoms with Crippen molar-refractivity contribution in [1.29, 1.82) is 0 Å². The summed E-state index contributed by atoms with van der Waals surface area (Å²) in [5.41, 5.74) is 7.09. The van der Waals surface area contributed by atoms with Crippen molar-refractivity contribution in [2.75, 3.05) is 19.0 Å². The first-order valence-corrected chi connectivity index (χ1v) is 26.3. The van der Waals surface area contributed by atoms with Gasteiger partial charge in [-0.05, 0) is 57.8 Å². The van der Waals surface area contributed by atoms with E-state index < -0.39 is 60.9 Å². The predicted octanol–water partition coefficient (Wildman–Crippen LogP) is 8.51. The number of ether oxygens (including phenoxy) is 2. The second kappa shape index (κ2) is 21.1. The monoisotopic (exact) mass is 885 g/mol. The van der Waals surface area contributed by atoms with Crippen LogP contribution in [0.2, 0.25) is 25.7 Å². The molecule has 0 heterocycles. The Morgan fingerprint density at radius 2 is 1.10 bits per heavy atom. The lowest BCUT2D eigenvalue weighted by molar-refractivity contribution is -0.149. The number of amides is 3. The fraction of sp³-hybridized carbons (Fsp3) is 0.333. The number of thioether (sulfide) groups is 1. The van der Waals surface area contributed by atoms with Gasteiger partial charge < -0.3 is 30.5 Å². The van der Waals surface area contributed by atoms with Crippen molar-refractivity contribution in [3.05, 3.63) is 167 Å². The Balaban J connectivity index is 1.29. The van der Waals surface area contributed by atoms with Gasteiger partial charge in [-0.2, -0.15) is 0 Å². The second-order valence-electron chi connectivity index (χ2n) is 17.5. The summed E-state index contributed by atoms with van der Waals surface area (Å²) in [6.45, 7) is 11.7. The Kier molecular flexibility index (Phi) is 15.7. The van der Waals surface area contributed by atoms with E-state index in [-0.39, 0.29) is 30.8 Å². The third-order valence-corrected chi connectivity index (χ3v) is 14.7. The van der Waals surface area contributed by atoms with Gasteiger partial charge in [-0.3, -0.25) is 9.59 Å². The number of carbonyl (C=O) groups excluding carboxylic acids is 4. The molecule has 3 amide bonds. The van der Waals surface area contributed by atoms with Crippen molar-refractivity contribution in [3.63, 3.8) is 0 Å². The first-order chi connectivity index (χ1) is 30.2. The van der Waals surface area contributed by atoms with Crippen LogP contribution in [0.4, 0.5) is 4.79 Å². The van der Waals surface area contributed by atoms with Crippen LogP contribution in [-0.2, 0) is 28.6 Å². The second-order valence-corrected chi connectivity index (χ2v) is 24.4. The zero-order valence-corrected chi connectivity index (χ0v) is 38.7. The van der Waals surface area contributed by atoms with Crippen molar-refractivity contribution in [1.82, 2.24) is 16.0 Å². The van der Waals surface area contributed by atoms with Crippen molar-refractivity contribution >= 4 is 43.7 Å². The van der Waals surface area contributed by atoms with Crippen LogP contribution in [0.15, 0.2) is 140 Å². The van der Waals surface area contributed by atoms with Gasteiger partial charge in [-0.25, -0.2) is 9.59 Å². The minimum atomic E-state index is -1.50. The first kappa shape index (κ1) is 46.8. The highest BCUT2D eigenvalue weighted by molar-refractivity contribution is 8.00. The third kappa shape index (κ3) is 11.5. The van der Waals surface area contributed by atoms with Gasteiger partial charge in [0.05, 0.1) is 17.5 Å². The maximum Gasteiger partial charge on any atom is 0.407 e. The van der Waals surface area contributed by atoms with Crippen LogP contribution >= 0.6 is 11.8 Å². The molecule has 4 N–H and O–H groups in total. The Labute approximate surface area is 376 Å². The summed E-state index contributed by atoms with van der Waals surface area (Å²) < 4.78 is 10.7. The van der Waals surface area contributed by atoms with E-state index in [1.54, 1.807) is 13.8 Å². The standard InChI is InChI=1S/C51H59N3O7SSi/c1-34(2)45(49(58)60-30-31-63(4,5)6)53-48(57)46(35(3)55)54-47(56)44(52-50(59)61-32-43-41-28-18-16-26-39(41)40-27-17-19-29-42(40)43)33-62-51(36-20-10-7-11-21-36,37-22-12-8-13-23-37)38-24-14-9-15-25-38/h7-29,34-35,43-46,55H,30-33H2,1-6H3,(H,52,59)(H,53,57)(H,54,56)/t35-,44+,45+,46+/m1/s1. The van der Waals surface area contributed by atoms with Gasteiger partial charge in [0.2, 0.25) is 11.8 Å². The number of hydrogen-bond acceptors (Lipinski definition) is 8. The summed E-state index contributed by atoms with van der Waals surface area (Å²) in [6.07, 6.45) is -2.19. The van der Waals surface area contributed by atoms with Gasteiger partial charge in [0.1, 0.15) is 24.7 Å². The molecule has 6 rings (SSSR count). The summed E-state index contributed by atoms with van der Waals surface area (Å²) in [6, 6.07) is 42.9. The van der Waals surface area contributed by atoms with Crippen LogP contribution in [0.25, 0.3) is 11.1 Å². The molecule has 330 valence electrons. The van der Waals surface area contributed by atoms with Gasteiger partial charge in [0, 0.05) is 19.7 Å². The van der Waals surface area contributed by atoms with E-state index in [4.69, 9.17) is 9.47 Å². The van der Waals surface area contributed by atoms with Crippen LogP contribution in [0.3, 0.4) is 0 Å². The topological polar surface area (TPSA) is 143 Å². The number of aliphatic hydroxyl groups excluding tert-OH is 1. The zero-order chi connectivity index (χ0) is 45.1. The largest absolute Gasteiger partial charge is 0.464 e. The predicted molar refractivity (Wildman–Crippen MR) is 253 cm³/mol. The van der Waals surface area contributed by atoms with E-state index in [0.29, 0.717) is 0 Å². The molecule has 63 heavy (non-hydrogen) atoms. The number of hydrogen-bond donors (Lipinski definition) is 4. The molecule has 5 aromatic rings. The lowest BCUT2D eigenvalue weighted by atomic mass is 9.84. The Bertz CT molecular complexity index is 2180. The van der Waals surface area contributed by atoms with E-state index in [9.17, 15) is 24.3 Å². The van der Waals surface area contributed by atoms with Crippen LogP contribution in [0, 0.1) is 5.92 Å². The molecule has 0 aromatic heterocycles. The Hall–Kier alpha value is -5.69. The van der Waals surface area contributed by atoms with Crippen molar-refractivity contribution < 1.29 is 33.8 Å². The summed E-state index contributed by atoms with van der Waals surface area (Å²) in [5, 5.41) is 19.3. The fourth-order valence-corrected chi connectivity index (χ4v) is 10.2. The van der Waals surface area contributed by atoms with E-state index in [0.717, 1.165) is 45.0 Å². The molecule has 12 heteroatoms. The molecule has 0 aliphatic heterocycles. The normalized spacial score (nSPS) is 14.3. The number of fused-ring (bicyclic) bond motifs is 3. The number of aliphatic hydroxyl groups is 1. The number of carbonyl (C=O) groups is 4.